The number of aryl methyl sites for hydroxylation is 1. The molecule has 200 valence electrons. The molecule has 3 aromatic rings. The second-order valence-electron chi connectivity index (χ2n) is 9.70. The first kappa shape index (κ1) is 29.4. The highest BCUT2D eigenvalue weighted by Crippen LogP contribution is 2.21. The summed E-state index contributed by atoms with van der Waals surface area (Å²) in [6, 6.07) is 18.3. The Morgan fingerprint density at radius 3 is 1.55 bits per heavy atom. The van der Waals surface area contributed by atoms with Gasteiger partial charge in [-0.25, -0.2) is 0 Å². The van der Waals surface area contributed by atoms with Gasteiger partial charge in [-0.1, -0.05) is 88.9 Å². The van der Waals surface area contributed by atoms with E-state index in [-0.39, 0.29) is 0 Å². The first-order valence-corrected chi connectivity index (χ1v) is 15.1. The Bertz CT molecular complexity index is 1200. The molecule has 3 heteroatoms. The molecule has 0 aliphatic heterocycles. The lowest BCUT2D eigenvalue weighted by atomic mass is 10.2. The fourth-order valence-corrected chi connectivity index (χ4v) is 4.87. The van der Waals surface area contributed by atoms with Crippen molar-refractivity contribution in [3.63, 3.8) is 0 Å². The third-order valence-corrected chi connectivity index (χ3v) is 7.38. The monoisotopic (exact) mass is 526 g/mol. The van der Waals surface area contributed by atoms with Crippen LogP contribution in [0.5, 0.6) is 11.5 Å². The van der Waals surface area contributed by atoms with Crippen LogP contribution in [0, 0.1) is 30.6 Å². The van der Waals surface area contributed by atoms with Crippen LogP contribution >= 0.6 is 11.3 Å². The average molecular weight is 527 g/mol. The molecule has 0 aliphatic carbocycles. The predicted molar refractivity (Wildman–Crippen MR) is 162 cm³/mol. The molecule has 0 fully saturated rings. The lowest BCUT2D eigenvalue weighted by Crippen LogP contribution is -1.97. The lowest BCUT2D eigenvalue weighted by molar-refractivity contribution is 0.304. The summed E-state index contributed by atoms with van der Waals surface area (Å²) >= 11 is 1.65. The summed E-state index contributed by atoms with van der Waals surface area (Å²) in [6.45, 7) is 8.13. The molecule has 3 rings (SSSR count). The van der Waals surface area contributed by atoms with Crippen LogP contribution in [0.15, 0.2) is 54.6 Å². The van der Waals surface area contributed by atoms with E-state index in [1.807, 2.05) is 48.5 Å². The van der Waals surface area contributed by atoms with Gasteiger partial charge < -0.3 is 9.47 Å². The molecule has 0 N–H and O–H groups in total. The van der Waals surface area contributed by atoms with Crippen LogP contribution in [0.3, 0.4) is 0 Å². The molecule has 2 aromatic carbocycles. The molecule has 1 heterocycles. The zero-order valence-corrected chi connectivity index (χ0v) is 24.2. The smallest absolute Gasteiger partial charge is 0.119 e. The largest absolute Gasteiger partial charge is 0.494 e. The van der Waals surface area contributed by atoms with E-state index in [1.165, 1.54) is 51.4 Å². The van der Waals surface area contributed by atoms with Crippen LogP contribution < -0.4 is 9.47 Å². The third kappa shape index (κ3) is 11.1. The first-order chi connectivity index (χ1) is 18.7. The molecule has 0 spiro atoms. The van der Waals surface area contributed by atoms with Gasteiger partial charge in [0.1, 0.15) is 11.5 Å². The van der Waals surface area contributed by atoms with Gasteiger partial charge in [-0.2, -0.15) is 0 Å². The van der Waals surface area contributed by atoms with E-state index >= 15 is 0 Å². The minimum atomic E-state index is 0.782. The summed E-state index contributed by atoms with van der Waals surface area (Å²) in [7, 11) is 0. The highest BCUT2D eigenvalue weighted by atomic mass is 32.1. The molecular formula is C35H42O2S. The third-order valence-electron chi connectivity index (χ3n) is 6.31. The van der Waals surface area contributed by atoms with Gasteiger partial charge >= 0.3 is 0 Å². The SMILES string of the molecule is CCCCCCCOc1ccc(C#Cc2cc(C)c(C#Cc3ccc(OCCCCCCC)cc3)s2)cc1. The Balaban J connectivity index is 1.48. The molecule has 0 radical (unpaired) electrons. The van der Waals surface area contributed by atoms with Crippen LogP contribution in [0.25, 0.3) is 0 Å². The van der Waals surface area contributed by atoms with Crippen molar-refractivity contribution in [2.45, 2.75) is 85.0 Å². The van der Waals surface area contributed by atoms with Gasteiger partial charge in [-0.05, 0) is 79.9 Å². The topological polar surface area (TPSA) is 18.5 Å². The molecule has 0 unspecified atom stereocenters. The van der Waals surface area contributed by atoms with Crippen LogP contribution in [0.4, 0.5) is 0 Å². The van der Waals surface area contributed by atoms with Gasteiger partial charge in [0, 0.05) is 11.1 Å². The Labute approximate surface area is 234 Å². The van der Waals surface area contributed by atoms with E-state index in [0.717, 1.165) is 64.0 Å². The van der Waals surface area contributed by atoms with E-state index in [2.05, 4.69) is 50.5 Å². The maximum absolute atomic E-state index is 5.86. The van der Waals surface area contributed by atoms with Gasteiger partial charge in [0.15, 0.2) is 0 Å². The number of thiophene rings is 1. The van der Waals surface area contributed by atoms with Gasteiger partial charge in [0.05, 0.1) is 23.0 Å². The highest BCUT2D eigenvalue weighted by molar-refractivity contribution is 7.13. The Morgan fingerprint density at radius 2 is 1.05 bits per heavy atom. The van der Waals surface area contributed by atoms with Gasteiger partial charge in [0.2, 0.25) is 0 Å². The maximum Gasteiger partial charge on any atom is 0.119 e. The summed E-state index contributed by atoms with van der Waals surface area (Å²) in [5.41, 5.74) is 3.14. The van der Waals surface area contributed by atoms with E-state index in [1.54, 1.807) is 11.3 Å². The fraction of sp³-hybridized carbons (Fsp3) is 0.429. The number of hydrogen-bond donors (Lipinski definition) is 0. The van der Waals surface area contributed by atoms with E-state index < -0.39 is 0 Å². The van der Waals surface area contributed by atoms with Crippen molar-refractivity contribution < 1.29 is 9.47 Å². The molecule has 0 atom stereocenters. The molecule has 0 amide bonds. The quantitative estimate of drug-likeness (QED) is 0.154. The van der Waals surface area contributed by atoms with Crippen molar-refractivity contribution in [2.75, 3.05) is 13.2 Å². The number of benzene rings is 2. The second-order valence-corrected chi connectivity index (χ2v) is 10.7. The molecule has 0 aliphatic rings. The maximum atomic E-state index is 5.86. The Kier molecular flexibility index (Phi) is 13.5. The molecular weight excluding hydrogens is 484 g/mol. The number of ether oxygens (including phenoxy) is 2. The normalized spacial score (nSPS) is 10.3. The zero-order valence-electron chi connectivity index (χ0n) is 23.4. The number of hydrogen-bond acceptors (Lipinski definition) is 3. The van der Waals surface area contributed by atoms with Crippen LogP contribution in [0.2, 0.25) is 0 Å². The molecule has 0 saturated carbocycles. The second kappa shape index (κ2) is 17.4. The predicted octanol–water partition coefficient (Wildman–Crippen LogP) is 9.55. The number of rotatable bonds is 14. The van der Waals surface area contributed by atoms with Crippen molar-refractivity contribution in [3.8, 4) is 35.2 Å². The average Bonchev–Trinajstić information content (AvgIpc) is 3.30. The van der Waals surface area contributed by atoms with Crippen molar-refractivity contribution >= 4 is 11.3 Å². The summed E-state index contributed by atoms with van der Waals surface area (Å²) in [4.78, 5) is 2.09. The fourth-order valence-electron chi connectivity index (χ4n) is 3.99. The molecule has 38 heavy (non-hydrogen) atoms. The highest BCUT2D eigenvalue weighted by Gasteiger charge is 2.02. The van der Waals surface area contributed by atoms with E-state index in [9.17, 15) is 0 Å². The molecule has 0 saturated heterocycles. The molecule has 0 bridgehead atoms. The van der Waals surface area contributed by atoms with Crippen LogP contribution in [-0.4, -0.2) is 13.2 Å². The van der Waals surface area contributed by atoms with Gasteiger partial charge in [-0.15, -0.1) is 11.3 Å². The Morgan fingerprint density at radius 1 is 0.579 bits per heavy atom. The minimum Gasteiger partial charge on any atom is -0.494 e. The van der Waals surface area contributed by atoms with Crippen LogP contribution in [-0.2, 0) is 0 Å². The molecule has 1 aromatic heterocycles. The first-order valence-electron chi connectivity index (χ1n) is 14.3. The Hall–Kier alpha value is -3.14. The van der Waals surface area contributed by atoms with Crippen molar-refractivity contribution in [1.29, 1.82) is 0 Å². The van der Waals surface area contributed by atoms with E-state index in [4.69, 9.17) is 9.47 Å². The zero-order chi connectivity index (χ0) is 26.8. The minimum absolute atomic E-state index is 0.782. The van der Waals surface area contributed by atoms with Crippen molar-refractivity contribution in [1.82, 2.24) is 0 Å². The van der Waals surface area contributed by atoms with E-state index in [0.29, 0.717) is 0 Å². The van der Waals surface area contributed by atoms with Crippen LogP contribution in [0.1, 0.15) is 105 Å². The molecule has 2 nitrogen and oxygen atoms in total. The number of unbranched alkanes of at least 4 members (excludes halogenated alkanes) is 8. The standard InChI is InChI=1S/C35H42O2S/c1-4-6-8-10-12-26-36-32-20-14-30(15-21-32)18-24-34-28-29(3)35(38-34)25-19-31-16-22-33(23-17-31)37-27-13-11-9-7-5-2/h14-17,20-23,28H,4-13,26-27H2,1-3H3. The van der Waals surface area contributed by atoms with Crippen molar-refractivity contribution in [2.24, 2.45) is 0 Å². The van der Waals surface area contributed by atoms with Crippen molar-refractivity contribution in [3.05, 3.63) is 81.0 Å². The van der Waals surface area contributed by atoms with Gasteiger partial charge in [-0.3, -0.25) is 0 Å². The van der Waals surface area contributed by atoms with Gasteiger partial charge in [0.25, 0.3) is 0 Å². The lowest BCUT2D eigenvalue weighted by Gasteiger charge is -2.05. The summed E-state index contributed by atoms with van der Waals surface area (Å²) in [5, 5.41) is 0. The summed E-state index contributed by atoms with van der Waals surface area (Å²) in [5.74, 6) is 15.0. The summed E-state index contributed by atoms with van der Waals surface area (Å²) < 4.78 is 11.7. The summed E-state index contributed by atoms with van der Waals surface area (Å²) in [6.07, 6.45) is 12.5.